The van der Waals surface area contributed by atoms with E-state index in [9.17, 15) is 18.0 Å². The average molecular weight is 449 g/mol. The largest absolute Gasteiger partial charge is 0.416 e. The molecule has 2 aliphatic rings. The number of piperazine rings is 1. The first-order valence-electron chi connectivity index (χ1n) is 10.7. The van der Waals surface area contributed by atoms with Crippen LogP contribution in [0.4, 0.5) is 13.2 Å². The highest BCUT2D eigenvalue weighted by Crippen LogP contribution is 2.30. The van der Waals surface area contributed by atoms with Gasteiger partial charge in [0.25, 0.3) is 5.91 Å². The molecular formula is C22H26F3N5O2. The Bertz CT molecular complexity index is 1010. The number of carbonyl (C=O) groups is 1. The van der Waals surface area contributed by atoms with E-state index in [-0.39, 0.29) is 5.91 Å². The molecule has 32 heavy (non-hydrogen) atoms. The summed E-state index contributed by atoms with van der Waals surface area (Å²) in [6.07, 6.45) is -2.68. The van der Waals surface area contributed by atoms with Gasteiger partial charge in [0, 0.05) is 57.4 Å². The van der Waals surface area contributed by atoms with Crippen molar-refractivity contribution in [3.05, 3.63) is 52.8 Å². The molecule has 1 saturated heterocycles. The standard InChI is InChI=1S/C22H26F3N5O2/c1-3-30-14-18(15(2)26-30)19-12-20(32-27-19)21(31)29-9-7-28(8-10-29)13-16-5-4-6-17(11-16)22(23,24)25/h4-6,11,14,20H,3,7-10,12-13H2,1-2H3. The lowest BCUT2D eigenvalue weighted by Gasteiger charge is -2.35. The van der Waals surface area contributed by atoms with Crippen molar-refractivity contribution in [2.75, 3.05) is 26.2 Å². The fourth-order valence-electron chi connectivity index (χ4n) is 4.07. The van der Waals surface area contributed by atoms with Crippen LogP contribution in [0.15, 0.2) is 35.6 Å². The van der Waals surface area contributed by atoms with Crippen LogP contribution in [0.1, 0.15) is 35.7 Å². The Morgan fingerprint density at radius 3 is 2.62 bits per heavy atom. The van der Waals surface area contributed by atoms with Gasteiger partial charge in [-0.15, -0.1) is 0 Å². The van der Waals surface area contributed by atoms with Crippen molar-refractivity contribution in [3.63, 3.8) is 0 Å². The van der Waals surface area contributed by atoms with Crippen molar-refractivity contribution in [2.45, 2.75) is 45.6 Å². The number of aryl methyl sites for hydroxylation is 2. The molecule has 0 bridgehead atoms. The van der Waals surface area contributed by atoms with Crippen molar-refractivity contribution < 1.29 is 22.8 Å². The molecule has 1 aromatic carbocycles. The molecule has 0 radical (unpaired) electrons. The van der Waals surface area contributed by atoms with Crippen LogP contribution in [0.5, 0.6) is 0 Å². The van der Waals surface area contributed by atoms with Gasteiger partial charge in [-0.3, -0.25) is 14.4 Å². The molecule has 0 aliphatic carbocycles. The van der Waals surface area contributed by atoms with Gasteiger partial charge < -0.3 is 9.74 Å². The number of hydrogen-bond donors (Lipinski definition) is 0. The van der Waals surface area contributed by atoms with Crippen molar-refractivity contribution in [2.24, 2.45) is 5.16 Å². The minimum Gasteiger partial charge on any atom is -0.382 e. The molecule has 172 valence electrons. The predicted molar refractivity (Wildman–Crippen MR) is 112 cm³/mol. The van der Waals surface area contributed by atoms with Gasteiger partial charge in [0.1, 0.15) is 0 Å². The maximum Gasteiger partial charge on any atom is 0.416 e. The van der Waals surface area contributed by atoms with E-state index in [1.54, 1.807) is 11.0 Å². The molecule has 1 unspecified atom stereocenters. The molecule has 10 heteroatoms. The molecule has 0 saturated carbocycles. The lowest BCUT2D eigenvalue weighted by molar-refractivity contribution is -0.144. The monoisotopic (exact) mass is 449 g/mol. The SMILES string of the molecule is CCn1cc(C2=NOC(C(=O)N3CCN(Cc4cccc(C(F)(F)F)c4)CC3)C2)c(C)n1. The Balaban J connectivity index is 1.29. The first-order valence-corrected chi connectivity index (χ1v) is 10.7. The molecule has 1 amide bonds. The number of aromatic nitrogens is 2. The van der Waals surface area contributed by atoms with Crippen molar-refractivity contribution >= 4 is 11.6 Å². The fourth-order valence-corrected chi connectivity index (χ4v) is 4.07. The summed E-state index contributed by atoms with van der Waals surface area (Å²) in [5.41, 5.74) is 2.44. The van der Waals surface area contributed by atoms with E-state index in [4.69, 9.17) is 4.84 Å². The number of nitrogens with zero attached hydrogens (tertiary/aromatic N) is 5. The first kappa shape index (κ1) is 22.3. The Hall–Kier alpha value is -2.88. The molecule has 3 heterocycles. The highest BCUT2D eigenvalue weighted by molar-refractivity contribution is 6.04. The van der Waals surface area contributed by atoms with Gasteiger partial charge in [-0.05, 0) is 25.5 Å². The van der Waals surface area contributed by atoms with Crippen molar-refractivity contribution in [1.29, 1.82) is 0 Å². The molecule has 1 fully saturated rings. The molecule has 4 rings (SSSR count). The lowest BCUT2D eigenvalue weighted by Crippen LogP contribution is -2.51. The van der Waals surface area contributed by atoms with Crippen LogP contribution in [0.25, 0.3) is 0 Å². The number of hydrogen-bond acceptors (Lipinski definition) is 5. The molecule has 2 aliphatic heterocycles. The van der Waals surface area contributed by atoms with Crippen LogP contribution in [-0.2, 0) is 28.9 Å². The zero-order valence-electron chi connectivity index (χ0n) is 18.1. The minimum atomic E-state index is -4.35. The summed E-state index contributed by atoms with van der Waals surface area (Å²) in [7, 11) is 0. The third-order valence-electron chi connectivity index (χ3n) is 5.87. The van der Waals surface area contributed by atoms with E-state index >= 15 is 0 Å². The van der Waals surface area contributed by atoms with E-state index in [0.29, 0.717) is 44.7 Å². The number of halogens is 3. The van der Waals surface area contributed by atoms with E-state index in [0.717, 1.165) is 29.6 Å². The van der Waals surface area contributed by atoms with Crippen LogP contribution < -0.4 is 0 Å². The van der Waals surface area contributed by atoms with Gasteiger partial charge in [0.05, 0.1) is 17.0 Å². The van der Waals surface area contributed by atoms with Crippen LogP contribution in [0.3, 0.4) is 0 Å². The first-order chi connectivity index (χ1) is 15.2. The van der Waals surface area contributed by atoms with Crippen LogP contribution >= 0.6 is 0 Å². The molecular weight excluding hydrogens is 423 g/mol. The smallest absolute Gasteiger partial charge is 0.382 e. The minimum absolute atomic E-state index is 0.108. The van der Waals surface area contributed by atoms with E-state index in [2.05, 4.69) is 15.2 Å². The zero-order valence-corrected chi connectivity index (χ0v) is 18.1. The second kappa shape index (κ2) is 8.93. The van der Waals surface area contributed by atoms with Crippen molar-refractivity contribution in [1.82, 2.24) is 19.6 Å². The Labute approximate surface area is 184 Å². The maximum absolute atomic E-state index is 12.9. The summed E-state index contributed by atoms with van der Waals surface area (Å²) < 4.78 is 40.6. The topological polar surface area (TPSA) is 63.0 Å². The van der Waals surface area contributed by atoms with Crippen LogP contribution in [0.2, 0.25) is 0 Å². The molecule has 1 atom stereocenters. The lowest BCUT2D eigenvalue weighted by atomic mass is 10.1. The highest BCUT2D eigenvalue weighted by atomic mass is 19.4. The summed E-state index contributed by atoms with van der Waals surface area (Å²) >= 11 is 0. The number of amides is 1. The second-order valence-corrected chi connectivity index (χ2v) is 8.12. The number of oxime groups is 1. The van der Waals surface area contributed by atoms with Crippen molar-refractivity contribution in [3.8, 4) is 0 Å². The normalized spacial score (nSPS) is 19.7. The van der Waals surface area contributed by atoms with Crippen LogP contribution in [-0.4, -0.2) is 63.5 Å². The van der Waals surface area contributed by atoms with Crippen LogP contribution in [0, 0.1) is 6.92 Å². The van der Waals surface area contributed by atoms with E-state index in [1.807, 2.05) is 24.7 Å². The number of carbonyl (C=O) groups excluding carboxylic acids is 1. The summed E-state index contributed by atoms with van der Waals surface area (Å²) in [6, 6.07) is 5.39. The summed E-state index contributed by atoms with van der Waals surface area (Å²) in [5, 5.41) is 8.54. The summed E-state index contributed by atoms with van der Waals surface area (Å²) in [5.74, 6) is -0.108. The predicted octanol–water partition coefficient (Wildman–Crippen LogP) is 3.07. The molecule has 7 nitrogen and oxygen atoms in total. The zero-order chi connectivity index (χ0) is 22.9. The van der Waals surface area contributed by atoms with Gasteiger partial charge in [0.15, 0.2) is 0 Å². The fraction of sp³-hybridized carbons (Fsp3) is 0.500. The van der Waals surface area contributed by atoms with E-state index < -0.39 is 17.8 Å². The molecule has 0 N–H and O–H groups in total. The Morgan fingerprint density at radius 1 is 1.22 bits per heavy atom. The summed E-state index contributed by atoms with van der Waals surface area (Å²) in [6.45, 7) is 7.25. The average Bonchev–Trinajstić information content (AvgIpc) is 3.40. The van der Waals surface area contributed by atoms with Gasteiger partial charge >= 0.3 is 6.18 Å². The maximum atomic E-state index is 12.9. The summed E-state index contributed by atoms with van der Waals surface area (Å²) in [4.78, 5) is 22.1. The Kier molecular flexibility index (Phi) is 6.23. The highest BCUT2D eigenvalue weighted by Gasteiger charge is 2.35. The molecule has 0 spiro atoms. The molecule has 1 aromatic heterocycles. The van der Waals surface area contributed by atoms with Gasteiger partial charge in [-0.2, -0.15) is 18.3 Å². The number of rotatable bonds is 5. The second-order valence-electron chi connectivity index (χ2n) is 8.12. The Morgan fingerprint density at radius 2 is 1.97 bits per heavy atom. The quantitative estimate of drug-likeness (QED) is 0.704. The third kappa shape index (κ3) is 4.79. The molecule has 2 aromatic rings. The van der Waals surface area contributed by atoms with Gasteiger partial charge in [-0.25, -0.2) is 0 Å². The van der Waals surface area contributed by atoms with E-state index in [1.165, 1.54) is 12.1 Å². The van der Waals surface area contributed by atoms with Gasteiger partial charge in [-0.1, -0.05) is 23.4 Å². The van der Waals surface area contributed by atoms with Gasteiger partial charge in [0.2, 0.25) is 6.10 Å². The third-order valence-corrected chi connectivity index (χ3v) is 5.87. The number of benzene rings is 1. The number of alkyl halides is 3.